The normalized spacial score (nSPS) is 17.0. The van der Waals surface area contributed by atoms with Gasteiger partial charge in [-0.1, -0.05) is 6.92 Å². The monoisotopic (exact) mass is 364 g/mol. The number of nitrogens with one attached hydrogen (secondary N) is 1. The smallest absolute Gasteiger partial charge is 0.356 e. The summed E-state index contributed by atoms with van der Waals surface area (Å²) in [6.07, 6.45) is 8.50. The number of hydrogen-bond donors (Lipinski definition) is 1. The van der Waals surface area contributed by atoms with Gasteiger partial charge in [0.15, 0.2) is 0 Å². The molecule has 1 aromatic heterocycles. The molecule has 0 bridgehead atoms. The number of methoxy groups -OCH3 is 1. The minimum absolute atomic E-state index is 0.187. The first-order valence-corrected chi connectivity index (χ1v) is 9.52. The second-order valence-electron chi connectivity index (χ2n) is 7.82. The predicted molar refractivity (Wildman–Crippen MR) is 103 cm³/mol. The molecule has 0 fully saturated rings. The fourth-order valence-electron chi connectivity index (χ4n) is 4.68. The average molecular weight is 364 g/mol. The molecule has 1 heterocycles. The number of pyridine rings is 1. The van der Waals surface area contributed by atoms with E-state index in [0.29, 0.717) is 11.0 Å². The van der Waals surface area contributed by atoms with Crippen LogP contribution in [0.1, 0.15) is 70.1 Å². The summed E-state index contributed by atoms with van der Waals surface area (Å²) in [6.45, 7) is 2.39. The van der Waals surface area contributed by atoms with Crippen molar-refractivity contribution in [2.45, 2.75) is 50.9 Å². The van der Waals surface area contributed by atoms with Crippen LogP contribution in [0.3, 0.4) is 0 Å². The highest BCUT2D eigenvalue weighted by molar-refractivity contribution is 6.04. The Labute approximate surface area is 159 Å². The van der Waals surface area contributed by atoms with Crippen LogP contribution in [0, 0.1) is 0 Å². The Kier molecular flexibility index (Phi) is 4.46. The average Bonchev–Trinajstić information content (AvgIpc) is 2.67. The third-order valence-corrected chi connectivity index (χ3v) is 5.93. The lowest BCUT2D eigenvalue weighted by molar-refractivity contribution is 0.0593. The summed E-state index contributed by atoms with van der Waals surface area (Å²) >= 11 is 0. The van der Waals surface area contributed by atoms with Crippen molar-refractivity contribution < 1.29 is 14.3 Å². The van der Waals surface area contributed by atoms with Gasteiger partial charge < -0.3 is 10.1 Å². The summed E-state index contributed by atoms with van der Waals surface area (Å²) in [5.41, 5.74) is 6.05. The van der Waals surface area contributed by atoms with Crippen molar-refractivity contribution in [1.29, 1.82) is 0 Å². The first-order valence-electron chi connectivity index (χ1n) is 9.52. The van der Waals surface area contributed by atoms with Gasteiger partial charge in [0.1, 0.15) is 5.69 Å². The number of benzene rings is 1. The van der Waals surface area contributed by atoms with E-state index in [9.17, 15) is 9.59 Å². The standard InChI is InChI=1S/C22H24N2O3/c1-22-9-3-5-14-11-17(12-15(19(14)22)6-4-10-22)24-20(25)16-7-8-18(23-13-16)21(26)27-2/h7-8,11-13H,3-6,9-10H2,1-2H3,(H,24,25). The van der Waals surface area contributed by atoms with Crippen LogP contribution in [0.2, 0.25) is 0 Å². The van der Waals surface area contributed by atoms with Gasteiger partial charge in [0, 0.05) is 11.9 Å². The maximum atomic E-state index is 12.6. The van der Waals surface area contributed by atoms with Gasteiger partial charge in [0.05, 0.1) is 12.7 Å². The number of rotatable bonds is 3. The molecule has 0 atom stereocenters. The van der Waals surface area contributed by atoms with E-state index in [1.807, 2.05) is 0 Å². The molecule has 0 radical (unpaired) electrons. The van der Waals surface area contributed by atoms with E-state index in [1.54, 1.807) is 6.07 Å². The highest BCUT2D eigenvalue weighted by atomic mass is 16.5. The van der Waals surface area contributed by atoms with Gasteiger partial charge in [-0.25, -0.2) is 9.78 Å². The molecule has 0 aliphatic heterocycles. The first-order chi connectivity index (χ1) is 13.0. The van der Waals surface area contributed by atoms with Gasteiger partial charge in [0.25, 0.3) is 5.91 Å². The maximum absolute atomic E-state index is 12.6. The SMILES string of the molecule is COC(=O)c1ccc(C(=O)Nc2cc3c4c(c2)CCCC4(C)CCC3)cn1. The molecule has 2 aliphatic rings. The van der Waals surface area contributed by atoms with Gasteiger partial charge in [-0.3, -0.25) is 4.79 Å². The maximum Gasteiger partial charge on any atom is 0.356 e. The van der Waals surface area contributed by atoms with Crippen LogP contribution in [0.15, 0.2) is 30.5 Å². The molecule has 27 heavy (non-hydrogen) atoms. The van der Waals surface area contributed by atoms with E-state index in [2.05, 4.69) is 34.1 Å². The van der Waals surface area contributed by atoms with Crippen LogP contribution in [0.5, 0.6) is 0 Å². The van der Waals surface area contributed by atoms with E-state index in [0.717, 1.165) is 18.5 Å². The summed E-state index contributed by atoms with van der Waals surface area (Å²) in [5.74, 6) is -0.737. The molecule has 5 nitrogen and oxygen atoms in total. The molecule has 2 aliphatic carbocycles. The number of ether oxygens (including phenoxy) is 1. The zero-order valence-electron chi connectivity index (χ0n) is 15.8. The molecular weight excluding hydrogens is 340 g/mol. The Balaban J connectivity index is 1.58. The molecule has 2 aromatic rings. The molecule has 1 amide bonds. The molecule has 140 valence electrons. The number of carbonyl (C=O) groups is 2. The summed E-state index contributed by atoms with van der Waals surface area (Å²) in [7, 11) is 1.30. The molecule has 4 rings (SSSR count). The lowest BCUT2D eigenvalue weighted by Gasteiger charge is -2.41. The van der Waals surface area contributed by atoms with Crippen LogP contribution in [0.4, 0.5) is 5.69 Å². The van der Waals surface area contributed by atoms with Crippen LogP contribution >= 0.6 is 0 Å². The van der Waals surface area contributed by atoms with E-state index >= 15 is 0 Å². The van der Waals surface area contributed by atoms with Crippen LogP contribution in [-0.4, -0.2) is 24.0 Å². The highest BCUT2D eigenvalue weighted by Crippen LogP contribution is 2.46. The van der Waals surface area contributed by atoms with E-state index < -0.39 is 5.97 Å². The summed E-state index contributed by atoms with van der Waals surface area (Å²) in [5, 5.41) is 3.00. The Morgan fingerprint density at radius 2 is 1.78 bits per heavy atom. The molecule has 5 heteroatoms. The van der Waals surface area contributed by atoms with E-state index in [4.69, 9.17) is 0 Å². The Morgan fingerprint density at radius 1 is 1.11 bits per heavy atom. The number of esters is 1. The van der Waals surface area contributed by atoms with Crippen LogP contribution in [0.25, 0.3) is 0 Å². The number of carbonyl (C=O) groups excluding carboxylic acids is 2. The molecule has 0 unspecified atom stereocenters. The minimum Gasteiger partial charge on any atom is -0.464 e. The topological polar surface area (TPSA) is 68.3 Å². The third-order valence-electron chi connectivity index (χ3n) is 5.93. The molecule has 0 spiro atoms. The van der Waals surface area contributed by atoms with Crippen molar-refractivity contribution >= 4 is 17.6 Å². The van der Waals surface area contributed by atoms with Crippen LogP contribution in [-0.2, 0) is 23.0 Å². The molecular formula is C22H24N2O3. The Bertz CT molecular complexity index is 871. The van der Waals surface area contributed by atoms with Crippen molar-refractivity contribution in [3.05, 3.63) is 58.4 Å². The van der Waals surface area contributed by atoms with Gasteiger partial charge in [-0.2, -0.15) is 0 Å². The third kappa shape index (κ3) is 3.22. The number of aromatic nitrogens is 1. The molecule has 1 aromatic carbocycles. The number of hydrogen-bond acceptors (Lipinski definition) is 4. The second kappa shape index (κ2) is 6.80. The zero-order chi connectivity index (χ0) is 19.0. The fraction of sp³-hybridized carbons (Fsp3) is 0.409. The number of anilines is 1. The number of aryl methyl sites for hydroxylation is 2. The van der Waals surface area contributed by atoms with Gasteiger partial charge >= 0.3 is 5.97 Å². The Hall–Kier alpha value is -2.69. The number of nitrogens with zero attached hydrogens (tertiary/aromatic N) is 1. The molecule has 0 saturated heterocycles. The van der Waals surface area contributed by atoms with Crippen molar-refractivity contribution in [3.63, 3.8) is 0 Å². The fourth-order valence-corrected chi connectivity index (χ4v) is 4.68. The lowest BCUT2D eigenvalue weighted by Crippen LogP contribution is -2.32. The second-order valence-corrected chi connectivity index (χ2v) is 7.82. The quantitative estimate of drug-likeness (QED) is 0.834. The zero-order valence-corrected chi connectivity index (χ0v) is 15.8. The van der Waals surface area contributed by atoms with Gasteiger partial charge in [0.2, 0.25) is 0 Å². The van der Waals surface area contributed by atoms with E-state index in [-0.39, 0.29) is 11.6 Å². The molecule has 1 N–H and O–H groups in total. The van der Waals surface area contributed by atoms with Crippen molar-refractivity contribution in [2.75, 3.05) is 12.4 Å². The summed E-state index contributed by atoms with van der Waals surface area (Å²) in [6, 6.07) is 7.36. The van der Waals surface area contributed by atoms with Crippen molar-refractivity contribution in [2.24, 2.45) is 0 Å². The largest absolute Gasteiger partial charge is 0.464 e. The van der Waals surface area contributed by atoms with E-state index in [1.165, 1.54) is 61.7 Å². The molecule has 0 saturated carbocycles. The lowest BCUT2D eigenvalue weighted by atomic mass is 9.63. The summed E-state index contributed by atoms with van der Waals surface area (Å²) in [4.78, 5) is 28.1. The van der Waals surface area contributed by atoms with Gasteiger partial charge in [-0.05, 0) is 84.9 Å². The highest BCUT2D eigenvalue weighted by Gasteiger charge is 2.36. The van der Waals surface area contributed by atoms with Crippen molar-refractivity contribution in [3.8, 4) is 0 Å². The van der Waals surface area contributed by atoms with Gasteiger partial charge in [-0.15, -0.1) is 0 Å². The Morgan fingerprint density at radius 3 is 2.33 bits per heavy atom. The minimum atomic E-state index is -0.515. The van der Waals surface area contributed by atoms with Crippen LogP contribution < -0.4 is 5.32 Å². The summed E-state index contributed by atoms with van der Waals surface area (Å²) < 4.78 is 4.63. The first kappa shape index (κ1) is 17.7. The predicted octanol–water partition coefficient (Wildman–Crippen LogP) is 4.05. The van der Waals surface area contributed by atoms with Crippen molar-refractivity contribution in [1.82, 2.24) is 4.98 Å². The number of amides is 1.